The van der Waals surface area contributed by atoms with E-state index < -0.39 is 0 Å². The zero-order valence-corrected chi connectivity index (χ0v) is 19.5. The van der Waals surface area contributed by atoms with Gasteiger partial charge in [0.05, 0.1) is 18.2 Å². The minimum absolute atomic E-state index is 0.0445. The third kappa shape index (κ3) is 9.51. The summed E-state index contributed by atoms with van der Waals surface area (Å²) in [6, 6.07) is 12.3. The van der Waals surface area contributed by atoms with E-state index >= 15 is 0 Å². The van der Waals surface area contributed by atoms with Crippen LogP contribution in [0.5, 0.6) is 5.75 Å². The van der Waals surface area contributed by atoms with Crippen LogP contribution < -0.4 is 4.74 Å². The van der Waals surface area contributed by atoms with Gasteiger partial charge in [0.2, 0.25) is 0 Å². The molecule has 0 aliphatic heterocycles. The number of para-hydroxylation sites is 1. The number of aryl methyl sites for hydroxylation is 1. The fraction of sp³-hybridized carbons (Fsp3) is 0.593. The fourth-order valence-electron chi connectivity index (χ4n) is 3.73. The first-order chi connectivity index (χ1) is 15.3. The molecular formula is C27H39N3O. The van der Waals surface area contributed by atoms with Crippen molar-refractivity contribution in [2.75, 3.05) is 6.61 Å². The summed E-state index contributed by atoms with van der Waals surface area (Å²) >= 11 is 0. The van der Waals surface area contributed by atoms with Crippen LogP contribution in [0.3, 0.4) is 0 Å². The molecule has 4 nitrogen and oxygen atoms in total. The molecule has 0 bridgehead atoms. The van der Waals surface area contributed by atoms with Crippen LogP contribution in [0.1, 0.15) is 90.2 Å². The Morgan fingerprint density at radius 2 is 1.65 bits per heavy atom. The summed E-state index contributed by atoms with van der Waals surface area (Å²) in [5, 5.41) is 9.12. The highest BCUT2D eigenvalue weighted by Gasteiger charge is 2.11. The summed E-state index contributed by atoms with van der Waals surface area (Å²) < 4.78 is 5.99. The molecule has 2 rings (SSSR count). The van der Waals surface area contributed by atoms with Crippen LogP contribution in [-0.4, -0.2) is 16.6 Å². The maximum atomic E-state index is 9.12. The maximum Gasteiger partial charge on any atom is 0.163 e. The third-order valence-electron chi connectivity index (χ3n) is 5.78. The van der Waals surface area contributed by atoms with Crippen molar-refractivity contribution in [1.82, 2.24) is 9.97 Å². The molecule has 1 aromatic heterocycles. The first-order valence-electron chi connectivity index (χ1n) is 12.2. The molecule has 168 valence electrons. The number of aromatic nitrogens is 2. The number of unbranched alkanes of at least 4 members (excludes halogenated alkanes) is 8. The lowest BCUT2D eigenvalue weighted by molar-refractivity contribution is 0.292. The van der Waals surface area contributed by atoms with Crippen LogP contribution in [-0.2, 0) is 6.42 Å². The van der Waals surface area contributed by atoms with E-state index in [-0.39, 0.29) is 5.92 Å². The summed E-state index contributed by atoms with van der Waals surface area (Å²) in [7, 11) is 0. The molecule has 1 aromatic carbocycles. The average molecular weight is 422 g/mol. The Morgan fingerprint density at radius 3 is 2.35 bits per heavy atom. The highest BCUT2D eigenvalue weighted by Crippen LogP contribution is 2.27. The van der Waals surface area contributed by atoms with Gasteiger partial charge in [-0.15, -0.1) is 0 Å². The molecule has 0 saturated carbocycles. The van der Waals surface area contributed by atoms with E-state index in [1.165, 1.54) is 57.8 Å². The van der Waals surface area contributed by atoms with E-state index in [0.29, 0.717) is 6.61 Å². The van der Waals surface area contributed by atoms with Gasteiger partial charge in [0.25, 0.3) is 0 Å². The Hall–Kier alpha value is -2.41. The van der Waals surface area contributed by atoms with Crippen molar-refractivity contribution in [2.45, 2.75) is 90.9 Å². The van der Waals surface area contributed by atoms with Gasteiger partial charge < -0.3 is 4.74 Å². The van der Waals surface area contributed by atoms with Crippen molar-refractivity contribution in [2.24, 2.45) is 5.92 Å². The Labute approximate surface area is 189 Å². The normalized spacial score (nSPS) is 11.8. The first kappa shape index (κ1) is 24.9. The minimum atomic E-state index is 0.0445. The van der Waals surface area contributed by atoms with Gasteiger partial charge >= 0.3 is 0 Å². The van der Waals surface area contributed by atoms with E-state index in [2.05, 4.69) is 18.0 Å². The number of benzene rings is 1. The standard InChI is InChI=1S/C27H39N3O/c1-3-5-6-7-8-9-10-11-12-15-24-18-20-29-27(30-24)25-16-13-14-17-26(25)31-21-19-23(4-2)22-28/h13-14,16-18,20,23H,3-12,15,19,21H2,1-2H3. The number of hydrogen-bond donors (Lipinski definition) is 0. The zero-order chi connectivity index (χ0) is 22.2. The number of hydrogen-bond acceptors (Lipinski definition) is 4. The second-order valence-corrected chi connectivity index (χ2v) is 8.32. The highest BCUT2D eigenvalue weighted by atomic mass is 16.5. The molecule has 1 heterocycles. The SMILES string of the molecule is CCCCCCCCCCCc1ccnc(-c2ccccc2OCCC(C#N)CC)n1. The van der Waals surface area contributed by atoms with E-state index in [1.807, 2.05) is 43.5 Å². The average Bonchev–Trinajstić information content (AvgIpc) is 2.81. The van der Waals surface area contributed by atoms with Crippen molar-refractivity contribution in [3.8, 4) is 23.2 Å². The maximum absolute atomic E-state index is 9.12. The molecule has 0 fully saturated rings. The van der Waals surface area contributed by atoms with Crippen LogP contribution in [0.25, 0.3) is 11.4 Å². The molecule has 0 spiro atoms. The molecule has 1 unspecified atom stereocenters. The van der Waals surface area contributed by atoms with Crippen LogP contribution >= 0.6 is 0 Å². The lowest BCUT2D eigenvalue weighted by Crippen LogP contribution is -2.06. The van der Waals surface area contributed by atoms with Crippen LogP contribution in [0.15, 0.2) is 36.5 Å². The Balaban J connectivity index is 1.83. The van der Waals surface area contributed by atoms with E-state index in [4.69, 9.17) is 15.0 Å². The topological polar surface area (TPSA) is 58.8 Å². The van der Waals surface area contributed by atoms with Gasteiger partial charge in [-0.25, -0.2) is 9.97 Å². The number of ether oxygens (including phenoxy) is 1. The molecule has 4 heteroatoms. The molecule has 2 aromatic rings. The highest BCUT2D eigenvalue weighted by molar-refractivity contribution is 5.63. The predicted molar refractivity (Wildman–Crippen MR) is 128 cm³/mol. The summed E-state index contributed by atoms with van der Waals surface area (Å²) in [6.07, 6.45) is 16.4. The van der Waals surface area contributed by atoms with E-state index in [0.717, 1.165) is 42.1 Å². The van der Waals surface area contributed by atoms with Crippen molar-refractivity contribution < 1.29 is 4.74 Å². The summed E-state index contributed by atoms with van der Waals surface area (Å²) in [5.41, 5.74) is 2.01. The van der Waals surface area contributed by atoms with Crippen LogP contribution in [0, 0.1) is 17.2 Å². The first-order valence-corrected chi connectivity index (χ1v) is 12.2. The van der Waals surface area contributed by atoms with Crippen molar-refractivity contribution in [3.63, 3.8) is 0 Å². The molecule has 0 radical (unpaired) electrons. The van der Waals surface area contributed by atoms with Gasteiger partial charge in [0, 0.05) is 17.8 Å². The summed E-state index contributed by atoms with van der Waals surface area (Å²) in [5.74, 6) is 1.55. The van der Waals surface area contributed by atoms with Gasteiger partial charge in [-0.1, -0.05) is 77.3 Å². The lowest BCUT2D eigenvalue weighted by Gasteiger charge is -2.12. The summed E-state index contributed by atoms with van der Waals surface area (Å²) in [6.45, 7) is 4.83. The molecule has 0 aliphatic rings. The van der Waals surface area contributed by atoms with Crippen molar-refractivity contribution in [1.29, 1.82) is 5.26 Å². The fourth-order valence-corrected chi connectivity index (χ4v) is 3.73. The number of nitrogens with zero attached hydrogens (tertiary/aromatic N) is 3. The molecule has 0 aliphatic carbocycles. The lowest BCUT2D eigenvalue weighted by atomic mass is 10.1. The number of rotatable bonds is 16. The van der Waals surface area contributed by atoms with Crippen molar-refractivity contribution >= 4 is 0 Å². The molecule has 0 amide bonds. The van der Waals surface area contributed by atoms with E-state index in [9.17, 15) is 0 Å². The second-order valence-electron chi connectivity index (χ2n) is 8.32. The van der Waals surface area contributed by atoms with E-state index in [1.54, 1.807) is 0 Å². The van der Waals surface area contributed by atoms with Gasteiger partial charge in [0.1, 0.15) is 5.75 Å². The van der Waals surface area contributed by atoms with Crippen molar-refractivity contribution in [3.05, 3.63) is 42.2 Å². The second kappa shape index (κ2) is 15.4. The Morgan fingerprint density at radius 1 is 0.935 bits per heavy atom. The zero-order valence-electron chi connectivity index (χ0n) is 19.5. The largest absolute Gasteiger partial charge is 0.493 e. The smallest absolute Gasteiger partial charge is 0.163 e. The third-order valence-corrected chi connectivity index (χ3v) is 5.78. The van der Waals surface area contributed by atoms with Gasteiger partial charge in [-0.2, -0.15) is 5.26 Å². The predicted octanol–water partition coefficient (Wildman–Crippen LogP) is 7.54. The van der Waals surface area contributed by atoms with Gasteiger partial charge in [-0.3, -0.25) is 0 Å². The molecule has 0 saturated heterocycles. The molecule has 0 N–H and O–H groups in total. The molecular weight excluding hydrogens is 382 g/mol. The quantitative estimate of drug-likeness (QED) is 0.263. The minimum Gasteiger partial charge on any atom is -0.493 e. The number of nitriles is 1. The molecule has 31 heavy (non-hydrogen) atoms. The molecule has 1 atom stereocenters. The van der Waals surface area contributed by atoms with Crippen LogP contribution in [0.2, 0.25) is 0 Å². The Bertz CT molecular complexity index is 784. The van der Waals surface area contributed by atoms with Gasteiger partial charge in [0.15, 0.2) is 5.82 Å². The van der Waals surface area contributed by atoms with Crippen LogP contribution in [0.4, 0.5) is 0 Å². The Kier molecular flexibility index (Phi) is 12.3. The van der Waals surface area contributed by atoms with Gasteiger partial charge in [-0.05, 0) is 43.9 Å². The summed E-state index contributed by atoms with van der Waals surface area (Å²) in [4.78, 5) is 9.30. The monoisotopic (exact) mass is 421 g/mol.